The quantitative estimate of drug-likeness (QED) is 0.101. The van der Waals surface area contributed by atoms with Crippen molar-refractivity contribution in [3.8, 4) is 146 Å². The normalized spacial score (nSPS) is 10.8. The minimum Gasteiger partial charge on any atom is -0.515 e. The summed E-state index contributed by atoms with van der Waals surface area (Å²) in [6.07, 6.45) is 8.87. The van der Waals surface area contributed by atoms with Gasteiger partial charge < -0.3 is 29.7 Å². The zero-order chi connectivity index (χ0) is 56.7. The van der Waals surface area contributed by atoms with Gasteiger partial charge in [-0.3, -0.25) is 6.07 Å². The molecule has 0 saturated carbocycles. The Hall–Kier alpha value is -10.1. The molecule has 0 aliphatic heterocycles. The second kappa shape index (κ2) is 26.4. The van der Waals surface area contributed by atoms with Gasteiger partial charge in [0.25, 0.3) is 0 Å². The van der Waals surface area contributed by atoms with Crippen LogP contribution in [0, 0.1) is 30.3 Å². The maximum atomic E-state index is 6.93. The molecule has 8 heteroatoms. The molecule has 87 heavy (non-hydrogen) atoms. The Balaban J connectivity index is 0.00000369. The molecule has 14 aromatic rings. The molecule has 0 radical (unpaired) electrons. The van der Waals surface area contributed by atoms with Crippen molar-refractivity contribution < 1.29 is 45.9 Å². The van der Waals surface area contributed by atoms with Gasteiger partial charge in [0.1, 0.15) is 0 Å². The van der Waals surface area contributed by atoms with E-state index in [-0.39, 0.29) is 41.2 Å². The van der Waals surface area contributed by atoms with Gasteiger partial charge in [-0.15, -0.1) is 76.9 Å². The van der Waals surface area contributed by atoms with E-state index in [1.54, 1.807) is 24.7 Å². The Morgan fingerprint density at radius 3 is 1.14 bits per heavy atom. The number of pyridine rings is 3. The monoisotopic (exact) mass is 1470 g/mol. The Morgan fingerprint density at radius 1 is 0.276 bits per heavy atom. The van der Waals surface area contributed by atoms with Crippen LogP contribution in [0.3, 0.4) is 0 Å². The summed E-state index contributed by atoms with van der Waals surface area (Å²) in [5.41, 5.74) is 22.0. The van der Waals surface area contributed by atoms with Crippen molar-refractivity contribution in [1.29, 1.82) is 0 Å². The summed E-state index contributed by atoms with van der Waals surface area (Å²) in [6, 6.07) is 108. The van der Waals surface area contributed by atoms with Gasteiger partial charge in [-0.25, -0.2) is 17.7 Å². The molecule has 0 fully saturated rings. The summed E-state index contributed by atoms with van der Waals surface area (Å²) in [4.78, 5) is 23.2. The Labute approximate surface area is 534 Å². The molecule has 0 unspecified atom stereocenters. The summed E-state index contributed by atoms with van der Waals surface area (Å²) in [7, 11) is 0. The largest absolute Gasteiger partial charge is 3.00 e. The Morgan fingerprint density at radius 2 is 0.678 bits per heavy atom. The van der Waals surface area contributed by atoms with Gasteiger partial charge in [0.15, 0.2) is 0 Å². The molecule has 0 aliphatic carbocycles. The molecule has 10 aromatic carbocycles. The van der Waals surface area contributed by atoms with Crippen molar-refractivity contribution in [3.63, 3.8) is 0 Å². The molecule has 414 valence electrons. The fraction of sp³-hybridized carbons (Fsp3) is 0. The number of hydrogen-bond donors (Lipinski definition) is 0. The third-order valence-corrected chi connectivity index (χ3v) is 15.0. The maximum Gasteiger partial charge on any atom is 3.00 e. The second-order valence-corrected chi connectivity index (χ2v) is 20.3. The molecule has 6 nitrogen and oxygen atoms in total. The first-order valence-electron chi connectivity index (χ1n) is 28.0. The smallest absolute Gasteiger partial charge is 0.515 e. The van der Waals surface area contributed by atoms with Crippen LogP contribution < -0.4 is 4.74 Å². The minimum atomic E-state index is 0. The van der Waals surface area contributed by atoms with Gasteiger partial charge in [0.05, 0.1) is 0 Å². The minimum absolute atomic E-state index is 0. The fourth-order valence-corrected chi connectivity index (χ4v) is 11.0. The van der Waals surface area contributed by atoms with E-state index in [4.69, 9.17) is 14.7 Å². The van der Waals surface area contributed by atoms with Gasteiger partial charge in [-0.2, -0.15) is 0 Å². The number of ether oxygens (including phenoxy) is 1. The Bertz CT molecular complexity index is 4480. The van der Waals surface area contributed by atoms with Crippen LogP contribution in [0.4, 0.5) is 0 Å². The first-order chi connectivity index (χ1) is 42.1. The number of rotatable bonds is 14. The average molecular weight is 1470 g/mol. The molecule has 0 atom stereocenters. The molecular weight excluding hydrogens is 1420 g/mol. The van der Waals surface area contributed by atoms with Crippen LogP contribution in [0.2, 0.25) is 0 Å². The Kier molecular flexibility index (Phi) is 17.4. The first-order valence-corrected chi connectivity index (χ1v) is 28.0. The van der Waals surface area contributed by atoms with Crippen LogP contribution in [0.25, 0.3) is 134 Å². The van der Waals surface area contributed by atoms with E-state index in [1.165, 1.54) is 0 Å². The van der Waals surface area contributed by atoms with E-state index in [0.717, 1.165) is 123 Å². The van der Waals surface area contributed by atoms with E-state index < -0.39 is 0 Å². The summed E-state index contributed by atoms with van der Waals surface area (Å²) in [5.74, 6) is 1.45. The number of nitrogens with zero attached hydrogens (tertiary/aromatic N) is 5. The molecule has 14 rings (SSSR count). The van der Waals surface area contributed by atoms with Crippen LogP contribution in [0.5, 0.6) is 11.5 Å². The predicted octanol–water partition coefficient (Wildman–Crippen LogP) is 19.5. The van der Waals surface area contributed by atoms with Crippen LogP contribution in [0.1, 0.15) is 0 Å². The van der Waals surface area contributed by atoms with Gasteiger partial charge in [-0.05, 0) is 116 Å². The zero-order valence-corrected chi connectivity index (χ0v) is 51.2. The van der Waals surface area contributed by atoms with Crippen LogP contribution in [0.15, 0.2) is 292 Å². The molecule has 0 amide bonds. The van der Waals surface area contributed by atoms with Crippen molar-refractivity contribution in [2.45, 2.75) is 0 Å². The third kappa shape index (κ3) is 12.2. The van der Waals surface area contributed by atoms with Crippen molar-refractivity contribution in [3.05, 3.63) is 322 Å². The summed E-state index contributed by atoms with van der Waals surface area (Å²) < 4.78 is 6.93. The molecule has 0 N–H and O–H groups in total. The van der Waals surface area contributed by atoms with Crippen molar-refractivity contribution in [1.82, 2.24) is 24.9 Å². The molecule has 4 heterocycles. The standard InChI is InChI=1S/C79H48N5O.Ir.Pt/c1-3-21-54(22-4-1)73-51-57(76-34-14-17-43-81-76)36-39-70(73)67-30-10-7-27-64(67)60-47-61(65-28-8-11-31-68(65)71-40-37-58(77-35-15-18-44-82-77)52-74(71)55-23-5-2-6-24-55)49-62(48-60)66-29-9-12-32-69(66)72-41-38-59(79-83-45-20-46-84-79)53-78(72)85-63-26-19-25-56(50-63)75-33-13-16-42-80-75;;/h1-35,39-49,51-52H;;/q-5;+3;+2. The number of benzene rings is 10. The second-order valence-electron chi connectivity index (χ2n) is 20.3. The predicted molar refractivity (Wildman–Crippen MR) is 341 cm³/mol. The van der Waals surface area contributed by atoms with E-state index in [9.17, 15) is 0 Å². The van der Waals surface area contributed by atoms with Gasteiger partial charge >= 0.3 is 41.2 Å². The summed E-state index contributed by atoms with van der Waals surface area (Å²) >= 11 is 0. The van der Waals surface area contributed by atoms with E-state index in [0.29, 0.717) is 22.9 Å². The van der Waals surface area contributed by atoms with E-state index in [1.807, 2.05) is 91.3 Å². The number of aromatic nitrogens is 5. The average Bonchev–Trinajstić information content (AvgIpc) is 3.64. The van der Waals surface area contributed by atoms with Gasteiger partial charge in [-0.1, -0.05) is 215 Å². The van der Waals surface area contributed by atoms with E-state index >= 15 is 0 Å². The van der Waals surface area contributed by atoms with Crippen molar-refractivity contribution in [2.75, 3.05) is 0 Å². The van der Waals surface area contributed by atoms with Crippen LogP contribution in [-0.2, 0) is 41.2 Å². The van der Waals surface area contributed by atoms with Crippen LogP contribution in [-0.4, -0.2) is 24.9 Å². The van der Waals surface area contributed by atoms with Crippen molar-refractivity contribution in [2.24, 2.45) is 0 Å². The van der Waals surface area contributed by atoms with Crippen LogP contribution >= 0.6 is 0 Å². The zero-order valence-electron chi connectivity index (χ0n) is 46.5. The molecule has 0 aliphatic rings. The molecule has 0 saturated heterocycles. The SMILES string of the molecule is [Ir+3].[Pt+2].[c-]1cc(-c2ccccc2-c2cc(-c3ccccc3-c3c[c-]c(-c4ccccn4)cc3-c3ccccc3)cc(-c3ccccc3-c3c[c-]c(-c4ccccn4)cc3-c3ccccc3)c2)c(Oc2[c-]c(-c3ccccn3)ccc2)[c-]c1-c1ncccn1. The van der Waals surface area contributed by atoms with Gasteiger partial charge in [0, 0.05) is 36.7 Å². The van der Waals surface area contributed by atoms with Gasteiger partial charge in [0.2, 0.25) is 0 Å². The third-order valence-electron chi connectivity index (χ3n) is 15.0. The molecule has 0 spiro atoms. The molecule has 4 aromatic heterocycles. The summed E-state index contributed by atoms with van der Waals surface area (Å²) in [5, 5.41) is 0. The van der Waals surface area contributed by atoms with E-state index in [2.05, 4.69) is 221 Å². The number of hydrogen-bond acceptors (Lipinski definition) is 6. The fourth-order valence-electron chi connectivity index (χ4n) is 11.0. The first kappa shape index (κ1) is 57.3. The molecular formula is C79H48IrN5OPt. The summed E-state index contributed by atoms with van der Waals surface area (Å²) in [6.45, 7) is 0. The van der Waals surface area contributed by atoms with Crippen molar-refractivity contribution >= 4 is 0 Å². The topological polar surface area (TPSA) is 73.7 Å². The maximum absolute atomic E-state index is 6.93. The molecule has 0 bridgehead atoms.